The summed E-state index contributed by atoms with van der Waals surface area (Å²) in [6.07, 6.45) is 4.30. The molecule has 8 heteroatoms. The van der Waals surface area contributed by atoms with Gasteiger partial charge in [-0.3, -0.25) is 24.1 Å². The van der Waals surface area contributed by atoms with Crippen molar-refractivity contribution in [3.8, 4) is 0 Å². The van der Waals surface area contributed by atoms with Gasteiger partial charge in [-0.2, -0.15) is 0 Å². The summed E-state index contributed by atoms with van der Waals surface area (Å²) >= 11 is 0. The van der Waals surface area contributed by atoms with Crippen LogP contribution in [-0.4, -0.2) is 58.6 Å². The van der Waals surface area contributed by atoms with Gasteiger partial charge in [0.25, 0.3) is 0 Å². The molecule has 0 radical (unpaired) electrons. The highest BCUT2D eigenvalue weighted by atomic mass is 19.1. The van der Waals surface area contributed by atoms with Crippen LogP contribution >= 0.6 is 0 Å². The third-order valence-electron chi connectivity index (χ3n) is 7.17. The van der Waals surface area contributed by atoms with Crippen molar-refractivity contribution in [3.63, 3.8) is 0 Å². The van der Waals surface area contributed by atoms with Gasteiger partial charge in [-0.15, -0.1) is 0 Å². The van der Waals surface area contributed by atoms with E-state index in [9.17, 15) is 23.6 Å². The number of amides is 4. The minimum absolute atomic E-state index is 0.0829. The third kappa shape index (κ3) is 3.80. The normalized spacial score (nSPS) is 27.1. The van der Waals surface area contributed by atoms with Gasteiger partial charge in [0.1, 0.15) is 11.9 Å². The van der Waals surface area contributed by atoms with Gasteiger partial charge in [-0.05, 0) is 25.3 Å². The maximum Gasteiger partial charge on any atom is 0.242 e. The number of imide groups is 1. The Bertz CT molecular complexity index is 930. The number of likely N-dealkylation sites (tertiary alicyclic amines) is 1. The van der Waals surface area contributed by atoms with Gasteiger partial charge in [0, 0.05) is 37.5 Å². The summed E-state index contributed by atoms with van der Waals surface area (Å²) in [4.78, 5) is 55.4. The standard InChI is InChI=1S/C24H30FN3O4/c1-2-19-22(31)26-12-13-27(19)20(29)14-24(17-10-6-7-11-18(17)25)15-21(30)28(23(24)32)16-8-4-3-5-9-16/h6-7,10-11,16,19H,2-5,8-9,12-15H2,1H3,(H,26,31)/t19-,24+/m0/s1. The highest BCUT2D eigenvalue weighted by Gasteiger charge is 2.57. The van der Waals surface area contributed by atoms with E-state index in [-0.39, 0.29) is 36.3 Å². The van der Waals surface area contributed by atoms with Crippen LogP contribution in [0, 0.1) is 5.82 Å². The molecule has 1 saturated carbocycles. The molecule has 1 N–H and O–H groups in total. The average molecular weight is 444 g/mol. The minimum atomic E-state index is -1.58. The zero-order valence-corrected chi connectivity index (χ0v) is 18.4. The van der Waals surface area contributed by atoms with E-state index in [0.29, 0.717) is 19.5 Å². The number of carbonyl (C=O) groups excluding carboxylic acids is 4. The number of nitrogens with one attached hydrogen (secondary N) is 1. The van der Waals surface area contributed by atoms with Crippen LogP contribution in [0.1, 0.15) is 63.9 Å². The number of benzene rings is 1. The molecule has 0 aromatic heterocycles. The molecular weight excluding hydrogens is 413 g/mol. The second-order valence-electron chi connectivity index (χ2n) is 9.08. The predicted octanol–water partition coefficient (Wildman–Crippen LogP) is 2.28. The molecule has 1 aromatic rings. The van der Waals surface area contributed by atoms with Crippen LogP contribution in [-0.2, 0) is 24.6 Å². The van der Waals surface area contributed by atoms with Crippen molar-refractivity contribution in [2.24, 2.45) is 0 Å². The summed E-state index contributed by atoms with van der Waals surface area (Å²) in [6.45, 7) is 2.47. The lowest BCUT2D eigenvalue weighted by molar-refractivity contribution is -0.148. The van der Waals surface area contributed by atoms with E-state index < -0.39 is 29.1 Å². The van der Waals surface area contributed by atoms with Crippen molar-refractivity contribution >= 4 is 23.6 Å². The fourth-order valence-corrected chi connectivity index (χ4v) is 5.54. The van der Waals surface area contributed by atoms with Crippen LogP contribution in [0.25, 0.3) is 0 Å². The lowest BCUT2D eigenvalue weighted by Gasteiger charge is -2.37. The SMILES string of the molecule is CC[C@H]1C(=O)NCCN1C(=O)C[C@]1(c2ccccc2F)CC(=O)N(C2CCCCC2)C1=O. The molecule has 1 aliphatic carbocycles. The van der Waals surface area contributed by atoms with Crippen LogP contribution in [0.3, 0.4) is 0 Å². The van der Waals surface area contributed by atoms with Crippen molar-refractivity contribution in [1.82, 2.24) is 15.1 Å². The molecule has 4 rings (SSSR count). The Morgan fingerprint density at radius 1 is 1.16 bits per heavy atom. The minimum Gasteiger partial charge on any atom is -0.353 e. The van der Waals surface area contributed by atoms with E-state index in [1.54, 1.807) is 6.07 Å². The Morgan fingerprint density at radius 3 is 2.56 bits per heavy atom. The van der Waals surface area contributed by atoms with Gasteiger partial charge in [-0.1, -0.05) is 44.4 Å². The first-order chi connectivity index (χ1) is 15.4. The number of halogens is 1. The van der Waals surface area contributed by atoms with Gasteiger partial charge in [0.2, 0.25) is 23.6 Å². The average Bonchev–Trinajstić information content (AvgIpc) is 3.04. The summed E-state index contributed by atoms with van der Waals surface area (Å²) < 4.78 is 15.0. The molecule has 4 amide bonds. The van der Waals surface area contributed by atoms with E-state index in [1.165, 1.54) is 28.0 Å². The molecule has 2 atom stereocenters. The molecule has 3 fully saturated rings. The number of hydrogen-bond donors (Lipinski definition) is 1. The van der Waals surface area contributed by atoms with E-state index in [0.717, 1.165) is 32.1 Å². The molecular formula is C24H30FN3O4. The van der Waals surface area contributed by atoms with Crippen molar-refractivity contribution in [1.29, 1.82) is 0 Å². The van der Waals surface area contributed by atoms with Crippen LogP contribution in [0.4, 0.5) is 4.39 Å². The van der Waals surface area contributed by atoms with Crippen molar-refractivity contribution < 1.29 is 23.6 Å². The molecule has 3 aliphatic rings. The van der Waals surface area contributed by atoms with Gasteiger partial charge in [0.15, 0.2) is 0 Å². The van der Waals surface area contributed by atoms with Gasteiger partial charge >= 0.3 is 0 Å². The van der Waals surface area contributed by atoms with E-state index in [1.807, 2.05) is 6.92 Å². The maximum atomic E-state index is 15.0. The highest BCUT2D eigenvalue weighted by Crippen LogP contribution is 2.43. The topological polar surface area (TPSA) is 86.8 Å². The van der Waals surface area contributed by atoms with Crippen LogP contribution in [0.15, 0.2) is 24.3 Å². The Balaban J connectivity index is 1.71. The zero-order chi connectivity index (χ0) is 22.9. The molecule has 7 nitrogen and oxygen atoms in total. The predicted molar refractivity (Wildman–Crippen MR) is 115 cm³/mol. The molecule has 1 aromatic carbocycles. The maximum absolute atomic E-state index is 15.0. The van der Waals surface area contributed by atoms with Gasteiger partial charge in [0.05, 0.1) is 5.41 Å². The Morgan fingerprint density at radius 2 is 1.88 bits per heavy atom. The van der Waals surface area contributed by atoms with Crippen molar-refractivity contribution in [2.45, 2.75) is 75.8 Å². The fourth-order valence-electron chi connectivity index (χ4n) is 5.54. The van der Waals surface area contributed by atoms with Crippen LogP contribution < -0.4 is 5.32 Å². The lowest BCUT2D eigenvalue weighted by Crippen LogP contribution is -2.58. The summed E-state index contributed by atoms with van der Waals surface area (Å²) in [5.74, 6) is -2.06. The summed E-state index contributed by atoms with van der Waals surface area (Å²) in [5, 5.41) is 2.76. The summed E-state index contributed by atoms with van der Waals surface area (Å²) in [5.41, 5.74) is -1.50. The van der Waals surface area contributed by atoms with E-state index >= 15 is 0 Å². The third-order valence-corrected chi connectivity index (χ3v) is 7.17. The second-order valence-corrected chi connectivity index (χ2v) is 9.08. The monoisotopic (exact) mass is 443 g/mol. The Labute approximate surface area is 187 Å². The first-order valence-electron chi connectivity index (χ1n) is 11.6. The first kappa shape index (κ1) is 22.4. The van der Waals surface area contributed by atoms with Crippen LogP contribution in [0.2, 0.25) is 0 Å². The highest BCUT2D eigenvalue weighted by molar-refractivity contribution is 6.11. The molecule has 0 unspecified atom stereocenters. The van der Waals surface area contributed by atoms with Gasteiger partial charge in [-0.25, -0.2) is 4.39 Å². The molecule has 2 saturated heterocycles. The molecule has 2 heterocycles. The quantitative estimate of drug-likeness (QED) is 0.708. The molecule has 0 bridgehead atoms. The van der Waals surface area contributed by atoms with Crippen molar-refractivity contribution in [2.75, 3.05) is 13.1 Å². The van der Waals surface area contributed by atoms with Gasteiger partial charge < -0.3 is 10.2 Å². The second kappa shape index (κ2) is 9.00. The molecule has 32 heavy (non-hydrogen) atoms. The smallest absolute Gasteiger partial charge is 0.242 e. The lowest BCUT2D eigenvalue weighted by atomic mass is 9.75. The number of piperazine rings is 1. The molecule has 2 aliphatic heterocycles. The van der Waals surface area contributed by atoms with E-state index in [4.69, 9.17) is 0 Å². The zero-order valence-electron chi connectivity index (χ0n) is 18.4. The van der Waals surface area contributed by atoms with E-state index in [2.05, 4.69) is 5.32 Å². The largest absolute Gasteiger partial charge is 0.353 e. The van der Waals surface area contributed by atoms with Crippen LogP contribution in [0.5, 0.6) is 0 Å². The Hall–Kier alpha value is -2.77. The summed E-state index contributed by atoms with van der Waals surface area (Å²) in [6, 6.07) is 5.07. The van der Waals surface area contributed by atoms with Crippen molar-refractivity contribution in [3.05, 3.63) is 35.6 Å². The number of hydrogen-bond acceptors (Lipinski definition) is 4. The molecule has 172 valence electrons. The number of carbonyl (C=O) groups is 4. The number of nitrogens with zero attached hydrogens (tertiary/aromatic N) is 2. The Kier molecular flexibility index (Phi) is 6.31. The summed E-state index contributed by atoms with van der Waals surface area (Å²) in [7, 11) is 0. The number of rotatable bonds is 5. The first-order valence-corrected chi connectivity index (χ1v) is 11.6. The molecule has 0 spiro atoms. The fraction of sp³-hybridized carbons (Fsp3) is 0.583.